The van der Waals surface area contributed by atoms with Crippen LogP contribution in [0.1, 0.15) is 5.69 Å². The average Bonchev–Trinajstić information content (AvgIpc) is 2.87. The van der Waals surface area contributed by atoms with Gasteiger partial charge in [0.2, 0.25) is 10.1 Å². The number of fused-ring (bicyclic) bond motifs is 1. The summed E-state index contributed by atoms with van der Waals surface area (Å²) < 4.78 is 7.15. The Kier molecular flexibility index (Phi) is 3.44. The van der Waals surface area contributed by atoms with E-state index in [4.69, 9.17) is 4.74 Å². The van der Waals surface area contributed by atoms with Gasteiger partial charge in [0, 0.05) is 26.2 Å². The number of imidazole rings is 1. The highest BCUT2D eigenvalue weighted by molar-refractivity contribution is 7.20. The summed E-state index contributed by atoms with van der Waals surface area (Å²) in [5, 5.41) is 8.72. The summed E-state index contributed by atoms with van der Waals surface area (Å²) in [6.07, 6.45) is 1.94. The lowest BCUT2D eigenvalue weighted by atomic mass is 10.4. The Hall–Kier alpha value is -1.18. The minimum absolute atomic E-state index is 0.852. The van der Waals surface area contributed by atoms with Crippen LogP contribution >= 0.6 is 11.3 Å². The van der Waals surface area contributed by atoms with Gasteiger partial charge in [0.15, 0.2) is 0 Å². The zero-order valence-electron chi connectivity index (χ0n) is 10.4. The van der Waals surface area contributed by atoms with Gasteiger partial charge in [0.25, 0.3) is 0 Å². The average molecular weight is 267 g/mol. The largest absolute Gasteiger partial charge is 0.379 e. The number of nitrogens with zero attached hydrogens (tertiary/aromatic N) is 4. The lowest BCUT2D eigenvalue weighted by Crippen LogP contribution is -2.39. The molecule has 1 aliphatic rings. The first-order valence-electron chi connectivity index (χ1n) is 6.18. The molecule has 0 unspecified atom stereocenters. The van der Waals surface area contributed by atoms with Crippen LogP contribution in [-0.4, -0.2) is 58.9 Å². The molecular weight excluding hydrogens is 250 g/mol. The summed E-state index contributed by atoms with van der Waals surface area (Å²) in [5.74, 6) is 0. The molecule has 0 saturated carbocycles. The maximum absolute atomic E-state index is 5.32. The van der Waals surface area contributed by atoms with Crippen molar-refractivity contribution >= 4 is 21.4 Å². The van der Waals surface area contributed by atoms with Gasteiger partial charge in [-0.25, -0.2) is 9.50 Å². The molecule has 1 aliphatic heterocycles. The highest BCUT2D eigenvalue weighted by Gasteiger charge is 2.10. The minimum atomic E-state index is 0.852. The normalized spacial score (nSPS) is 17.4. The van der Waals surface area contributed by atoms with Crippen molar-refractivity contribution in [3.8, 4) is 0 Å². The Bertz CT molecular complexity index is 485. The van der Waals surface area contributed by atoms with E-state index >= 15 is 0 Å². The smallest absolute Gasteiger partial charge is 0.214 e. The maximum atomic E-state index is 5.32. The Morgan fingerprint density at radius 1 is 1.44 bits per heavy atom. The summed E-state index contributed by atoms with van der Waals surface area (Å²) in [4.78, 5) is 7.73. The second kappa shape index (κ2) is 5.21. The third-order valence-electron chi connectivity index (χ3n) is 2.97. The van der Waals surface area contributed by atoms with Crippen molar-refractivity contribution in [2.75, 3.05) is 44.7 Å². The Balaban J connectivity index is 1.51. The second-order valence-corrected chi connectivity index (χ2v) is 5.35. The fourth-order valence-corrected chi connectivity index (χ4v) is 2.88. The molecule has 98 valence electrons. The van der Waals surface area contributed by atoms with Gasteiger partial charge in [-0.3, -0.25) is 4.90 Å². The third kappa shape index (κ3) is 2.63. The quantitative estimate of drug-likeness (QED) is 0.890. The fraction of sp³-hybridized carbons (Fsp3) is 0.636. The number of nitrogens with one attached hydrogen (secondary N) is 1. The molecule has 0 aliphatic carbocycles. The molecule has 2 aromatic rings. The summed E-state index contributed by atoms with van der Waals surface area (Å²) in [5.41, 5.74) is 1.01. The lowest BCUT2D eigenvalue weighted by Gasteiger charge is -2.26. The first-order valence-corrected chi connectivity index (χ1v) is 7.00. The Labute approximate surface area is 110 Å². The molecule has 1 saturated heterocycles. The number of ether oxygens (including phenoxy) is 1. The molecule has 7 heteroatoms. The molecule has 0 amide bonds. The molecule has 0 atom stereocenters. The summed E-state index contributed by atoms with van der Waals surface area (Å²) in [7, 11) is 0. The number of aromatic nitrogens is 3. The maximum Gasteiger partial charge on any atom is 0.214 e. The van der Waals surface area contributed by atoms with Crippen molar-refractivity contribution in [2.45, 2.75) is 6.92 Å². The topological polar surface area (TPSA) is 54.7 Å². The third-order valence-corrected chi connectivity index (χ3v) is 3.85. The zero-order valence-corrected chi connectivity index (χ0v) is 11.2. The number of hydrogen-bond acceptors (Lipinski definition) is 6. The Morgan fingerprint density at radius 3 is 3.06 bits per heavy atom. The standard InChI is InChI=1S/C11H17N5OS/c1-9-8-16-11(13-9)18-10(14-16)12-2-3-15-4-6-17-7-5-15/h8H,2-7H2,1H3,(H,12,14). The number of hydrogen-bond donors (Lipinski definition) is 1. The van der Waals surface area contributed by atoms with Gasteiger partial charge in [0.1, 0.15) is 0 Å². The van der Waals surface area contributed by atoms with E-state index in [1.54, 1.807) is 11.3 Å². The van der Waals surface area contributed by atoms with Crippen LogP contribution in [0.15, 0.2) is 6.20 Å². The van der Waals surface area contributed by atoms with Gasteiger partial charge in [0.05, 0.1) is 25.1 Å². The van der Waals surface area contributed by atoms with Gasteiger partial charge < -0.3 is 10.1 Å². The highest BCUT2D eigenvalue weighted by Crippen LogP contribution is 2.18. The fourth-order valence-electron chi connectivity index (χ4n) is 2.03. The second-order valence-electron chi connectivity index (χ2n) is 4.40. The molecule has 0 bridgehead atoms. The number of morpholine rings is 1. The molecule has 3 heterocycles. The van der Waals surface area contributed by atoms with Gasteiger partial charge in [-0.2, -0.15) is 0 Å². The molecule has 3 rings (SSSR count). The van der Waals surface area contributed by atoms with Crippen LogP contribution in [0.2, 0.25) is 0 Å². The molecule has 0 aromatic carbocycles. The van der Waals surface area contributed by atoms with Crippen molar-refractivity contribution in [1.82, 2.24) is 19.5 Å². The van der Waals surface area contributed by atoms with Crippen molar-refractivity contribution < 1.29 is 4.74 Å². The first-order chi connectivity index (χ1) is 8.81. The summed E-state index contributed by atoms with van der Waals surface area (Å²) in [6, 6.07) is 0. The number of rotatable bonds is 4. The van der Waals surface area contributed by atoms with Crippen molar-refractivity contribution in [3.63, 3.8) is 0 Å². The Morgan fingerprint density at radius 2 is 2.28 bits per heavy atom. The van der Waals surface area contributed by atoms with E-state index < -0.39 is 0 Å². The summed E-state index contributed by atoms with van der Waals surface area (Å²) in [6.45, 7) is 7.69. The summed E-state index contributed by atoms with van der Waals surface area (Å²) >= 11 is 1.59. The van der Waals surface area contributed by atoms with Crippen LogP contribution in [0.25, 0.3) is 4.96 Å². The van der Waals surface area contributed by atoms with E-state index in [1.807, 2.05) is 17.6 Å². The molecule has 0 radical (unpaired) electrons. The SMILES string of the molecule is Cc1cn2nc(NCCN3CCOCC3)sc2n1. The molecule has 0 spiro atoms. The molecule has 6 nitrogen and oxygen atoms in total. The van der Waals surface area contributed by atoms with Gasteiger partial charge in [-0.05, 0) is 6.92 Å². The molecule has 18 heavy (non-hydrogen) atoms. The predicted octanol–water partition coefficient (Wildman–Crippen LogP) is 0.843. The van der Waals surface area contributed by atoms with Crippen LogP contribution in [0.5, 0.6) is 0 Å². The first kappa shape index (κ1) is 11.9. The van der Waals surface area contributed by atoms with Crippen molar-refractivity contribution in [1.29, 1.82) is 0 Å². The molecule has 1 fully saturated rings. The van der Waals surface area contributed by atoms with E-state index in [-0.39, 0.29) is 0 Å². The monoisotopic (exact) mass is 267 g/mol. The van der Waals surface area contributed by atoms with Crippen LogP contribution in [0.3, 0.4) is 0 Å². The van der Waals surface area contributed by atoms with E-state index in [1.165, 1.54) is 0 Å². The van der Waals surface area contributed by atoms with Gasteiger partial charge in [-0.1, -0.05) is 11.3 Å². The van der Waals surface area contributed by atoms with Crippen LogP contribution in [0, 0.1) is 6.92 Å². The van der Waals surface area contributed by atoms with E-state index in [9.17, 15) is 0 Å². The van der Waals surface area contributed by atoms with Crippen molar-refractivity contribution in [2.24, 2.45) is 0 Å². The van der Waals surface area contributed by atoms with Crippen LogP contribution in [0.4, 0.5) is 5.13 Å². The van der Waals surface area contributed by atoms with Crippen molar-refractivity contribution in [3.05, 3.63) is 11.9 Å². The van der Waals surface area contributed by atoms with Crippen LogP contribution < -0.4 is 5.32 Å². The van der Waals surface area contributed by atoms with Gasteiger partial charge >= 0.3 is 0 Å². The minimum Gasteiger partial charge on any atom is -0.379 e. The molecule has 2 aromatic heterocycles. The number of anilines is 1. The molecule has 1 N–H and O–H groups in total. The van der Waals surface area contributed by atoms with Gasteiger partial charge in [-0.15, -0.1) is 5.10 Å². The predicted molar refractivity (Wildman–Crippen MR) is 71.3 cm³/mol. The van der Waals surface area contributed by atoms with E-state index in [0.717, 1.165) is 55.2 Å². The van der Waals surface area contributed by atoms with E-state index in [2.05, 4.69) is 20.3 Å². The van der Waals surface area contributed by atoms with E-state index in [0.29, 0.717) is 0 Å². The highest BCUT2D eigenvalue weighted by atomic mass is 32.1. The lowest BCUT2D eigenvalue weighted by molar-refractivity contribution is 0.0398. The molecular formula is C11H17N5OS. The zero-order chi connectivity index (χ0) is 12.4. The van der Waals surface area contributed by atoms with Crippen LogP contribution in [-0.2, 0) is 4.74 Å². The number of aryl methyl sites for hydroxylation is 1.